The zero-order chi connectivity index (χ0) is 17.3. The molecule has 2 heteroatoms. The van der Waals surface area contributed by atoms with Gasteiger partial charge in [-0.2, -0.15) is 0 Å². The van der Waals surface area contributed by atoms with Crippen LogP contribution in [0.4, 0.5) is 0 Å². The molecule has 0 bridgehead atoms. The fraction of sp³-hybridized carbons (Fsp3) is 0.619. The Kier molecular flexibility index (Phi) is 5.37. The lowest BCUT2D eigenvalue weighted by molar-refractivity contribution is 0.0491. The lowest BCUT2D eigenvalue weighted by atomic mass is 9.74. The molecule has 0 saturated heterocycles. The molecular formula is C21H32OS. The Hall–Kier alpha value is -0.730. The van der Waals surface area contributed by atoms with E-state index >= 15 is 0 Å². The van der Waals surface area contributed by atoms with Crippen LogP contribution in [0.5, 0.6) is 0 Å². The molecule has 0 aliphatic heterocycles. The van der Waals surface area contributed by atoms with Crippen LogP contribution < -0.4 is 0 Å². The molecule has 2 rings (SSSR count). The van der Waals surface area contributed by atoms with Crippen molar-refractivity contribution in [3.8, 4) is 0 Å². The van der Waals surface area contributed by atoms with Crippen LogP contribution in [0, 0.1) is 10.8 Å². The van der Waals surface area contributed by atoms with E-state index in [2.05, 4.69) is 78.8 Å². The Morgan fingerprint density at radius 3 is 2.26 bits per heavy atom. The lowest BCUT2D eigenvalue weighted by Crippen LogP contribution is -2.39. The molecule has 0 heterocycles. The molecule has 0 radical (unpaired) electrons. The van der Waals surface area contributed by atoms with Crippen LogP contribution in [0.25, 0.3) is 0 Å². The smallest absolute Gasteiger partial charge is 0.143 e. The fourth-order valence-electron chi connectivity index (χ4n) is 3.19. The Balaban J connectivity index is 2.46. The highest BCUT2D eigenvalue weighted by atomic mass is 32.2. The van der Waals surface area contributed by atoms with Crippen LogP contribution in [-0.4, -0.2) is 11.5 Å². The van der Waals surface area contributed by atoms with Gasteiger partial charge < -0.3 is 4.74 Å². The predicted molar refractivity (Wildman–Crippen MR) is 103 cm³/mol. The molecule has 0 aromatic heterocycles. The molecule has 1 unspecified atom stereocenters. The van der Waals surface area contributed by atoms with Crippen molar-refractivity contribution in [1.29, 1.82) is 0 Å². The number of rotatable bonds is 4. The Morgan fingerprint density at radius 2 is 1.78 bits per heavy atom. The maximum Gasteiger partial charge on any atom is 0.143 e. The van der Waals surface area contributed by atoms with E-state index in [0.717, 1.165) is 19.4 Å². The quantitative estimate of drug-likeness (QED) is 0.533. The molecular weight excluding hydrogens is 300 g/mol. The molecule has 0 N–H and O–H groups in total. The van der Waals surface area contributed by atoms with Crippen LogP contribution in [0.15, 0.2) is 46.4 Å². The van der Waals surface area contributed by atoms with Crippen molar-refractivity contribution in [1.82, 2.24) is 0 Å². The molecule has 0 aromatic carbocycles. The van der Waals surface area contributed by atoms with Gasteiger partial charge in [0.2, 0.25) is 0 Å². The summed E-state index contributed by atoms with van der Waals surface area (Å²) in [6.45, 7) is 16.6. The topological polar surface area (TPSA) is 9.23 Å². The van der Waals surface area contributed by atoms with Gasteiger partial charge in [0, 0.05) is 17.9 Å². The van der Waals surface area contributed by atoms with Crippen molar-refractivity contribution in [2.45, 2.75) is 66.2 Å². The first-order valence-corrected chi connectivity index (χ1v) is 9.53. The Labute approximate surface area is 147 Å². The van der Waals surface area contributed by atoms with Crippen LogP contribution in [0.2, 0.25) is 0 Å². The van der Waals surface area contributed by atoms with Gasteiger partial charge in [-0.05, 0) is 35.3 Å². The van der Waals surface area contributed by atoms with Gasteiger partial charge in [0.25, 0.3) is 0 Å². The van der Waals surface area contributed by atoms with Gasteiger partial charge in [-0.25, -0.2) is 0 Å². The van der Waals surface area contributed by atoms with Crippen molar-refractivity contribution in [3.63, 3.8) is 0 Å². The number of thioether (sulfide) groups is 1. The van der Waals surface area contributed by atoms with E-state index in [0.29, 0.717) is 0 Å². The molecule has 1 atom stereocenters. The predicted octanol–water partition coefficient (Wildman–Crippen LogP) is 6.64. The van der Waals surface area contributed by atoms with Crippen molar-refractivity contribution >= 4 is 11.8 Å². The Morgan fingerprint density at radius 1 is 1.09 bits per heavy atom. The third-order valence-electron chi connectivity index (χ3n) is 4.37. The van der Waals surface area contributed by atoms with E-state index in [1.54, 1.807) is 0 Å². The first-order valence-electron chi connectivity index (χ1n) is 8.71. The van der Waals surface area contributed by atoms with E-state index in [1.807, 2.05) is 11.8 Å². The maximum atomic E-state index is 6.41. The molecule has 0 saturated carbocycles. The minimum Gasteiger partial charge on any atom is -0.360 e. The van der Waals surface area contributed by atoms with E-state index in [4.69, 9.17) is 4.74 Å². The van der Waals surface area contributed by atoms with Crippen molar-refractivity contribution < 1.29 is 4.74 Å². The molecule has 0 spiro atoms. The summed E-state index contributed by atoms with van der Waals surface area (Å²) in [7, 11) is 0. The second kappa shape index (κ2) is 6.64. The van der Waals surface area contributed by atoms with Gasteiger partial charge in [0.05, 0.1) is 0 Å². The number of ether oxygens (including phenoxy) is 1. The van der Waals surface area contributed by atoms with Gasteiger partial charge in [0.15, 0.2) is 0 Å². The monoisotopic (exact) mass is 332 g/mol. The third kappa shape index (κ3) is 4.22. The summed E-state index contributed by atoms with van der Waals surface area (Å²) in [6, 6.07) is 0. The summed E-state index contributed by atoms with van der Waals surface area (Å²) in [5, 5.41) is 0. The van der Waals surface area contributed by atoms with E-state index in [1.165, 1.54) is 16.1 Å². The minimum absolute atomic E-state index is 0.0792. The van der Waals surface area contributed by atoms with Gasteiger partial charge in [0.1, 0.15) is 4.93 Å². The summed E-state index contributed by atoms with van der Waals surface area (Å²) < 4.78 is 6.41. The molecule has 2 aliphatic carbocycles. The van der Waals surface area contributed by atoms with E-state index in [9.17, 15) is 0 Å². The Bertz CT molecular complexity index is 564. The first-order chi connectivity index (χ1) is 10.6. The normalized spacial score (nSPS) is 25.3. The second-order valence-corrected chi connectivity index (χ2v) is 9.79. The number of hydrogen-bond donors (Lipinski definition) is 0. The minimum atomic E-state index is -0.276. The molecule has 2 aliphatic rings. The van der Waals surface area contributed by atoms with Crippen molar-refractivity contribution in [2.75, 3.05) is 6.61 Å². The summed E-state index contributed by atoms with van der Waals surface area (Å²) in [5.74, 6) is 0. The SMILES string of the molecule is CCOC1(SC2=CCC=C2)CC=C(C(C)(C)C)C=C1C(C)(C)C. The average molecular weight is 333 g/mol. The molecule has 0 amide bonds. The zero-order valence-electron chi connectivity index (χ0n) is 15.8. The van der Waals surface area contributed by atoms with E-state index in [-0.39, 0.29) is 15.8 Å². The third-order valence-corrected chi connectivity index (χ3v) is 5.75. The highest BCUT2D eigenvalue weighted by molar-refractivity contribution is 8.04. The van der Waals surface area contributed by atoms with Crippen molar-refractivity contribution in [3.05, 3.63) is 46.4 Å². The number of hydrogen-bond acceptors (Lipinski definition) is 2. The highest BCUT2D eigenvalue weighted by Gasteiger charge is 2.44. The van der Waals surface area contributed by atoms with Gasteiger partial charge >= 0.3 is 0 Å². The van der Waals surface area contributed by atoms with Gasteiger partial charge in [-0.3, -0.25) is 0 Å². The summed E-state index contributed by atoms with van der Waals surface area (Å²) in [6.07, 6.45) is 13.5. The van der Waals surface area contributed by atoms with Crippen LogP contribution in [0.1, 0.15) is 61.3 Å². The molecule has 0 aromatic rings. The average Bonchev–Trinajstić information content (AvgIpc) is 2.89. The first kappa shape index (κ1) is 18.6. The highest BCUT2D eigenvalue weighted by Crippen LogP contribution is 2.53. The van der Waals surface area contributed by atoms with Crippen molar-refractivity contribution in [2.24, 2.45) is 10.8 Å². The standard InChI is InChI=1S/C21H32OS/c1-8-22-21(23-17-11-9-10-12-17)14-13-16(19(2,3)4)15-18(21)20(5,6)7/h9,11-13,15H,8,10,14H2,1-7H3. The van der Waals surface area contributed by atoms with E-state index < -0.39 is 0 Å². The van der Waals surface area contributed by atoms with Gasteiger partial charge in [-0.1, -0.05) is 83.7 Å². The zero-order valence-corrected chi connectivity index (χ0v) is 16.6. The lowest BCUT2D eigenvalue weighted by Gasteiger charge is -2.44. The maximum absolute atomic E-state index is 6.41. The largest absolute Gasteiger partial charge is 0.360 e. The molecule has 0 fully saturated rings. The van der Waals surface area contributed by atoms with Crippen LogP contribution in [-0.2, 0) is 4.74 Å². The number of allylic oxidation sites excluding steroid dienone is 5. The van der Waals surface area contributed by atoms with Crippen LogP contribution >= 0.6 is 11.8 Å². The fourth-order valence-corrected chi connectivity index (χ4v) is 4.73. The summed E-state index contributed by atoms with van der Waals surface area (Å²) in [5.41, 5.74) is 3.08. The summed E-state index contributed by atoms with van der Waals surface area (Å²) >= 11 is 1.89. The second-order valence-electron chi connectivity index (χ2n) is 8.45. The molecule has 23 heavy (non-hydrogen) atoms. The van der Waals surface area contributed by atoms with Gasteiger partial charge in [-0.15, -0.1) is 0 Å². The molecule has 128 valence electrons. The summed E-state index contributed by atoms with van der Waals surface area (Å²) in [4.78, 5) is 1.06. The molecule has 1 nitrogen and oxygen atoms in total. The van der Waals surface area contributed by atoms with Crippen LogP contribution in [0.3, 0.4) is 0 Å².